The first-order valence-electron chi connectivity index (χ1n) is 7.14. The molecular formula is C15H18FN3O3S. The lowest BCUT2D eigenvalue weighted by Gasteiger charge is -2.26. The van der Waals surface area contributed by atoms with Crippen molar-refractivity contribution in [3.63, 3.8) is 0 Å². The average molecular weight is 339 g/mol. The molecule has 0 N–H and O–H groups in total. The summed E-state index contributed by atoms with van der Waals surface area (Å²) < 4.78 is 38.5. The molecule has 0 aliphatic carbocycles. The van der Waals surface area contributed by atoms with Crippen molar-refractivity contribution in [1.29, 1.82) is 5.26 Å². The summed E-state index contributed by atoms with van der Waals surface area (Å²) >= 11 is 0. The first kappa shape index (κ1) is 17.4. The summed E-state index contributed by atoms with van der Waals surface area (Å²) in [5.41, 5.74) is 0.532. The van der Waals surface area contributed by atoms with Crippen LogP contribution in [0.25, 0.3) is 0 Å². The summed E-state index contributed by atoms with van der Waals surface area (Å²) in [6.45, 7) is 0.301. The minimum atomic E-state index is -3.45. The second-order valence-corrected chi connectivity index (χ2v) is 7.58. The lowest BCUT2D eigenvalue weighted by atomic mass is 10.1. The molecule has 0 bridgehead atoms. The molecule has 0 radical (unpaired) electrons. The van der Waals surface area contributed by atoms with Gasteiger partial charge in [0.05, 0.1) is 17.9 Å². The average Bonchev–Trinajstić information content (AvgIpc) is 2.98. The van der Waals surface area contributed by atoms with Gasteiger partial charge in [-0.1, -0.05) is 0 Å². The number of halogens is 1. The van der Waals surface area contributed by atoms with E-state index in [2.05, 4.69) is 0 Å². The second-order valence-electron chi connectivity index (χ2n) is 5.64. The highest BCUT2D eigenvalue weighted by Gasteiger charge is 2.37. The lowest BCUT2D eigenvalue weighted by Crippen LogP contribution is -2.46. The van der Waals surface area contributed by atoms with E-state index in [-0.39, 0.29) is 18.0 Å². The second kappa shape index (κ2) is 6.64. The predicted octanol–water partition coefficient (Wildman–Crippen LogP) is 1.08. The van der Waals surface area contributed by atoms with Gasteiger partial charge in [0.2, 0.25) is 15.9 Å². The van der Waals surface area contributed by atoms with Gasteiger partial charge >= 0.3 is 0 Å². The van der Waals surface area contributed by atoms with Crippen LogP contribution in [-0.2, 0) is 21.4 Å². The van der Waals surface area contributed by atoms with E-state index in [1.807, 2.05) is 6.07 Å². The number of amides is 1. The topological polar surface area (TPSA) is 81.5 Å². The first-order chi connectivity index (χ1) is 10.7. The Morgan fingerprint density at radius 2 is 2.22 bits per heavy atom. The molecule has 0 spiro atoms. The van der Waals surface area contributed by atoms with Crippen LogP contribution >= 0.6 is 0 Å². The van der Waals surface area contributed by atoms with Gasteiger partial charge in [-0.3, -0.25) is 4.79 Å². The Labute approximate surface area is 135 Å². The molecule has 1 aliphatic rings. The van der Waals surface area contributed by atoms with Crippen LogP contribution in [0.2, 0.25) is 0 Å². The predicted molar refractivity (Wildman–Crippen MR) is 82.2 cm³/mol. The summed E-state index contributed by atoms with van der Waals surface area (Å²) in [5, 5.41) is 8.87. The fourth-order valence-corrected chi connectivity index (χ4v) is 3.86. The van der Waals surface area contributed by atoms with Crippen molar-refractivity contribution in [3.8, 4) is 6.07 Å². The number of hydrogen-bond donors (Lipinski definition) is 0. The Hall–Kier alpha value is -1.98. The molecule has 0 aromatic heterocycles. The largest absolute Gasteiger partial charge is 0.340 e. The smallest absolute Gasteiger partial charge is 0.241 e. The molecule has 1 heterocycles. The third-order valence-corrected chi connectivity index (χ3v) is 5.16. The van der Waals surface area contributed by atoms with Crippen LogP contribution in [0.4, 0.5) is 4.39 Å². The lowest BCUT2D eigenvalue weighted by molar-refractivity contribution is -0.133. The summed E-state index contributed by atoms with van der Waals surface area (Å²) in [7, 11) is -1.95. The van der Waals surface area contributed by atoms with Gasteiger partial charge in [-0.2, -0.15) is 9.57 Å². The maximum absolute atomic E-state index is 13.8. The Kier molecular flexibility index (Phi) is 5.02. The minimum Gasteiger partial charge on any atom is -0.340 e. The molecule has 2 rings (SSSR count). The van der Waals surface area contributed by atoms with Crippen LogP contribution in [0.3, 0.4) is 0 Å². The van der Waals surface area contributed by atoms with Crippen molar-refractivity contribution in [1.82, 2.24) is 9.21 Å². The summed E-state index contributed by atoms with van der Waals surface area (Å²) in [6, 6.07) is 5.12. The molecule has 1 unspecified atom stereocenters. The zero-order valence-electron chi connectivity index (χ0n) is 13.0. The van der Waals surface area contributed by atoms with Crippen LogP contribution in [0, 0.1) is 17.1 Å². The zero-order valence-corrected chi connectivity index (χ0v) is 13.8. The summed E-state index contributed by atoms with van der Waals surface area (Å²) in [4.78, 5) is 13.8. The summed E-state index contributed by atoms with van der Waals surface area (Å²) in [5.74, 6) is -0.871. The third kappa shape index (κ3) is 3.86. The highest BCUT2D eigenvalue weighted by molar-refractivity contribution is 7.88. The Morgan fingerprint density at radius 3 is 2.83 bits per heavy atom. The van der Waals surface area contributed by atoms with Gasteiger partial charge in [-0.05, 0) is 31.0 Å². The van der Waals surface area contributed by atoms with Gasteiger partial charge in [0, 0.05) is 25.7 Å². The standard InChI is InChI=1S/C15H18FN3O3S/c1-18(10-12-8-11(9-17)5-6-13(12)16)15(20)14-4-3-7-19(14)23(2,21)22/h5-6,8,14H,3-4,7,10H2,1-2H3. The highest BCUT2D eigenvalue weighted by atomic mass is 32.2. The van der Waals surface area contributed by atoms with Crippen molar-refractivity contribution in [2.24, 2.45) is 0 Å². The normalized spacial score (nSPS) is 18.6. The van der Waals surface area contributed by atoms with Crippen molar-refractivity contribution in [2.45, 2.75) is 25.4 Å². The molecule has 6 nitrogen and oxygen atoms in total. The maximum atomic E-state index is 13.8. The molecule has 1 fully saturated rings. The third-order valence-electron chi connectivity index (χ3n) is 3.87. The monoisotopic (exact) mass is 339 g/mol. The minimum absolute atomic E-state index is 0.0196. The van der Waals surface area contributed by atoms with Gasteiger partial charge in [0.15, 0.2) is 0 Å². The molecule has 1 aliphatic heterocycles. The molecular weight excluding hydrogens is 321 g/mol. The molecule has 1 aromatic rings. The van der Waals surface area contributed by atoms with E-state index >= 15 is 0 Å². The van der Waals surface area contributed by atoms with E-state index in [4.69, 9.17) is 5.26 Å². The van der Waals surface area contributed by atoms with Crippen LogP contribution in [0.15, 0.2) is 18.2 Å². The maximum Gasteiger partial charge on any atom is 0.241 e. The fraction of sp³-hybridized carbons (Fsp3) is 0.467. The Bertz CT molecular complexity index is 758. The molecule has 8 heteroatoms. The number of carbonyl (C=O) groups excluding carboxylic acids is 1. The van der Waals surface area contributed by atoms with Crippen LogP contribution in [0.5, 0.6) is 0 Å². The highest BCUT2D eigenvalue weighted by Crippen LogP contribution is 2.23. The van der Waals surface area contributed by atoms with Crippen LogP contribution in [0.1, 0.15) is 24.0 Å². The van der Waals surface area contributed by atoms with Crippen molar-refractivity contribution in [2.75, 3.05) is 19.8 Å². The molecule has 23 heavy (non-hydrogen) atoms. The van der Waals surface area contributed by atoms with Gasteiger partial charge in [0.1, 0.15) is 11.9 Å². The van der Waals surface area contributed by atoms with Crippen molar-refractivity contribution < 1.29 is 17.6 Å². The number of nitriles is 1. The molecule has 1 aromatic carbocycles. The van der Waals surface area contributed by atoms with Crippen molar-refractivity contribution >= 4 is 15.9 Å². The zero-order chi connectivity index (χ0) is 17.2. The number of benzene rings is 1. The fourth-order valence-electron chi connectivity index (χ4n) is 2.74. The summed E-state index contributed by atoms with van der Waals surface area (Å²) in [6.07, 6.45) is 2.15. The molecule has 1 amide bonds. The van der Waals surface area contributed by atoms with Gasteiger partial charge < -0.3 is 4.90 Å². The van der Waals surface area contributed by atoms with Crippen molar-refractivity contribution in [3.05, 3.63) is 35.1 Å². The Morgan fingerprint density at radius 1 is 1.52 bits per heavy atom. The molecule has 1 atom stereocenters. The van der Waals surface area contributed by atoms with E-state index in [1.54, 1.807) is 0 Å². The van der Waals surface area contributed by atoms with Gasteiger partial charge in [-0.15, -0.1) is 0 Å². The number of likely N-dealkylation sites (N-methyl/N-ethyl adjacent to an activating group) is 1. The van der Waals surface area contributed by atoms with Crippen LogP contribution in [-0.4, -0.2) is 49.4 Å². The van der Waals surface area contributed by atoms with Gasteiger partial charge in [-0.25, -0.2) is 12.8 Å². The van der Waals surface area contributed by atoms with E-state index in [9.17, 15) is 17.6 Å². The Balaban J connectivity index is 2.16. The molecule has 1 saturated heterocycles. The van der Waals surface area contributed by atoms with Gasteiger partial charge in [0.25, 0.3) is 0 Å². The van der Waals surface area contributed by atoms with E-state index in [0.29, 0.717) is 24.9 Å². The number of rotatable bonds is 4. The first-order valence-corrected chi connectivity index (χ1v) is 8.99. The number of carbonyl (C=O) groups is 1. The number of hydrogen-bond acceptors (Lipinski definition) is 4. The van der Waals surface area contributed by atoms with E-state index < -0.39 is 21.9 Å². The number of sulfonamides is 1. The van der Waals surface area contributed by atoms with E-state index in [0.717, 1.165) is 6.26 Å². The quantitative estimate of drug-likeness (QED) is 0.822. The molecule has 0 saturated carbocycles. The van der Waals surface area contributed by atoms with E-state index in [1.165, 1.54) is 34.5 Å². The number of nitrogens with zero attached hydrogens (tertiary/aromatic N) is 3. The molecule has 124 valence electrons. The van der Waals surface area contributed by atoms with Crippen LogP contribution < -0.4 is 0 Å². The SMILES string of the molecule is CN(Cc1cc(C#N)ccc1F)C(=O)C1CCCN1S(C)(=O)=O.